The van der Waals surface area contributed by atoms with Crippen LogP contribution < -0.4 is 0 Å². The number of rotatable bonds is 4. The van der Waals surface area contributed by atoms with E-state index in [2.05, 4.69) is 11.3 Å². The summed E-state index contributed by atoms with van der Waals surface area (Å²) in [5, 5.41) is 15.8. The predicted octanol–water partition coefficient (Wildman–Crippen LogP) is 0.447. The average molecular weight is 216 g/mol. The van der Waals surface area contributed by atoms with Crippen LogP contribution in [0.3, 0.4) is 0 Å². The summed E-state index contributed by atoms with van der Waals surface area (Å²) in [6.07, 6.45) is 2.95. The van der Waals surface area contributed by atoms with Crippen molar-refractivity contribution >= 4 is 17.9 Å². The van der Waals surface area contributed by atoms with Gasteiger partial charge in [0.25, 0.3) is 0 Å². The van der Waals surface area contributed by atoms with Crippen molar-refractivity contribution in [2.24, 2.45) is 0 Å². The van der Waals surface area contributed by atoms with Crippen LogP contribution >= 0.6 is 0 Å². The van der Waals surface area contributed by atoms with E-state index in [1.165, 1.54) is 13.2 Å². The molecule has 6 heteroatoms. The van der Waals surface area contributed by atoms with Gasteiger partial charge < -0.3 is 14.9 Å². The number of ether oxygens (including phenoxy) is 1. The summed E-state index contributed by atoms with van der Waals surface area (Å²) < 4.78 is 4.11. The quantitative estimate of drug-likeness (QED) is 0.402. The third kappa shape index (κ3) is 18.7. The first-order valence-electron chi connectivity index (χ1n) is 3.75. The monoisotopic (exact) mass is 216 g/mol. The van der Waals surface area contributed by atoms with Crippen molar-refractivity contribution in [3.8, 4) is 0 Å². The van der Waals surface area contributed by atoms with Crippen molar-refractivity contribution < 1.29 is 29.3 Å². The van der Waals surface area contributed by atoms with Crippen LogP contribution in [0, 0.1) is 0 Å². The van der Waals surface area contributed by atoms with E-state index in [4.69, 9.17) is 10.2 Å². The van der Waals surface area contributed by atoms with Gasteiger partial charge in [0, 0.05) is 12.2 Å². The lowest BCUT2D eigenvalue weighted by Gasteiger charge is -1.85. The number of hydrogen-bond acceptors (Lipinski definition) is 4. The zero-order valence-corrected chi connectivity index (χ0v) is 8.17. The second-order valence-corrected chi connectivity index (χ2v) is 2.08. The third-order valence-corrected chi connectivity index (χ3v) is 0.882. The molecule has 0 spiro atoms. The smallest absolute Gasteiger partial charge is 0.330 e. The van der Waals surface area contributed by atoms with Gasteiger partial charge in [-0.15, -0.1) is 6.58 Å². The number of methoxy groups -OCH3 is 1. The molecule has 0 aromatic heterocycles. The second-order valence-electron chi connectivity index (χ2n) is 2.08. The van der Waals surface area contributed by atoms with Crippen LogP contribution in [0.25, 0.3) is 0 Å². The first-order chi connectivity index (χ1) is 6.93. The maximum absolute atomic E-state index is 10.1. The standard InChI is InChI=1S/C5H6O4.C4H6O2/c1-9-5(8)3-2-4(6)7;1-2-3-4(5)6/h2-3H,1H3,(H,6,7);2H,1,3H2,(H,5,6)/b3-2-;. The fourth-order valence-corrected chi connectivity index (χ4v) is 0.331. The van der Waals surface area contributed by atoms with Gasteiger partial charge in [-0.3, -0.25) is 4.79 Å². The molecule has 0 heterocycles. The van der Waals surface area contributed by atoms with E-state index in [1.807, 2.05) is 0 Å². The Labute approximate surface area is 86.5 Å². The molecule has 0 saturated heterocycles. The zero-order chi connectivity index (χ0) is 12.3. The molecular weight excluding hydrogens is 204 g/mol. The van der Waals surface area contributed by atoms with Crippen LogP contribution in [0.4, 0.5) is 0 Å². The zero-order valence-electron chi connectivity index (χ0n) is 8.17. The summed E-state index contributed by atoms with van der Waals surface area (Å²) in [6.45, 7) is 3.22. The summed E-state index contributed by atoms with van der Waals surface area (Å²) in [6, 6.07) is 0. The van der Waals surface area contributed by atoms with E-state index < -0.39 is 17.9 Å². The van der Waals surface area contributed by atoms with Crippen LogP contribution in [-0.2, 0) is 19.1 Å². The maximum atomic E-state index is 10.1. The minimum absolute atomic E-state index is 0.0556. The van der Waals surface area contributed by atoms with Crippen molar-refractivity contribution in [1.29, 1.82) is 0 Å². The Hall–Kier alpha value is -2.11. The highest BCUT2D eigenvalue weighted by atomic mass is 16.5. The lowest BCUT2D eigenvalue weighted by atomic mass is 10.4. The molecule has 6 nitrogen and oxygen atoms in total. The molecule has 0 saturated carbocycles. The second kappa shape index (κ2) is 9.97. The maximum Gasteiger partial charge on any atom is 0.330 e. The Balaban J connectivity index is 0. The Morgan fingerprint density at radius 3 is 2.00 bits per heavy atom. The van der Waals surface area contributed by atoms with Crippen molar-refractivity contribution in [3.63, 3.8) is 0 Å². The summed E-state index contributed by atoms with van der Waals surface area (Å²) in [4.78, 5) is 29.4. The van der Waals surface area contributed by atoms with Gasteiger partial charge in [-0.2, -0.15) is 0 Å². The average Bonchev–Trinajstić information content (AvgIpc) is 2.14. The van der Waals surface area contributed by atoms with Gasteiger partial charge in [0.1, 0.15) is 0 Å². The fraction of sp³-hybridized carbons (Fsp3) is 0.222. The van der Waals surface area contributed by atoms with E-state index >= 15 is 0 Å². The molecule has 2 N–H and O–H groups in total. The Kier molecular flexibility index (Phi) is 10.2. The largest absolute Gasteiger partial charge is 0.481 e. The number of aliphatic carboxylic acids is 2. The number of carboxylic acid groups (broad SMARTS) is 2. The first-order valence-corrected chi connectivity index (χ1v) is 3.75. The molecular formula is C9H12O6. The van der Waals surface area contributed by atoms with Crippen molar-refractivity contribution in [1.82, 2.24) is 0 Å². The lowest BCUT2D eigenvalue weighted by Crippen LogP contribution is -1.96. The topological polar surface area (TPSA) is 101 Å². The number of esters is 1. The molecule has 0 atom stereocenters. The molecule has 0 aliphatic heterocycles. The molecule has 0 rings (SSSR count). The van der Waals surface area contributed by atoms with Crippen LogP contribution in [-0.4, -0.2) is 35.2 Å². The summed E-state index contributed by atoms with van der Waals surface area (Å²) in [7, 11) is 1.18. The molecule has 0 unspecified atom stereocenters. The Morgan fingerprint density at radius 1 is 1.27 bits per heavy atom. The predicted molar refractivity (Wildman–Crippen MR) is 51.2 cm³/mol. The molecule has 84 valence electrons. The highest BCUT2D eigenvalue weighted by Crippen LogP contribution is 1.76. The summed E-state index contributed by atoms with van der Waals surface area (Å²) in [5.41, 5.74) is 0. The number of carbonyl (C=O) groups excluding carboxylic acids is 1. The van der Waals surface area contributed by atoms with Crippen LogP contribution in [0.1, 0.15) is 6.42 Å². The minimum atomic E-state index is -1.17. The van der Waals surface area contributed by atoms with Crippen molar-refractivity contribution in [2.45, 2.75) is 6.42 Å². The number of carbonyl (C=O) groups is 3. The molecule has 0 aliphatic rings. The first kappa shape index (κ1) is 15.4. The Bertz CT molecular complexity index is 266. The van der Waals surface area contributed by atoms with Gasteiger partial charge in [0.15, 0.2) is 0 Å². The van der Waals surface area contributed by atoms with Gasteiger partial charge in [0.2, 0.25) is 0 Å². The van der Waals surface area contributed by atoms with E-state index in [-0.39, 0.29) is 6.42 Å². The van der Waals surface area contributed by atoms with E-state index in [1.54, 1.807) is 0 Å². The minimum Gasteiger partial charge on any atom is -0.481 e. The van der Waals surface area contributed by atoms with E-state index in [9.17, 15) is 14.4 Å². The van der Waals surface area contributed by atoms with Gasteiger partial charge in [-0.1, -0.05) is 6.08 Å². The van der Waals surface area contributed by atoms with Crippen molar-refractivity contribution in [3.05, 3.63) is 24.8 Å². The van der Waals surface area contributed by atoms with Gasteiger partial charge >= 0.3 is 17.9 Å². The van der Waals surface area contributed by atoms with Crippen LogP contribution in [0.5, 0.6) is 0 Å². The van der Waals surface area contributed by atoms with Crippen LogP contribution in [0.15, 0.2) is 24.8 Å². The summed E-state index contributed by atoms with van der Waals surface area (Å²) >= 11 is 0. The van der Waals surface area contributed by atoms with Crippen LogP contribution in [0.2, 0.25) is 0 Å². The molecule has 0 aliphatic carbocycles. The van der Waals surface area contributed by atoms with E-state index in [0.29, 0.717) is 6.08 Å². The molecule has 0 aromatic carbocycles. The van der Waals surface area contributed by atoms with Gasteiger partial charge in [-0.05, 0) is 0 Å². The Morgan fingerprint density at radius 2 is 1.80 bits per heavy atom. The number of hydrogen-bond donors (Lipinski definition) is 2. The van der Waals surface area contributed by atoms with Crippen molar-refractivity contribution in [2.75, 3.05) is 7.11 Å². The number of carboxylic acids is 2. The SMILES string of the molecule is C=CCC(=O)O.COC(=O)/C=C\C(=O)O. The highest BCUT2D eigenvalue weighted by molar-refractivity contribution is 5.90. The molecule has 0 amide bonds. The third-order valence-electron chi connectivity index (χ3n) is 0.882. The molecule has 0 bridgehead atoms. The summed E-state index contributed by atoms with van der Waals surface area (Å²) in [5.74, 6) is -2.66. The normalized spacial score (nSPS) is 8.60. The molecule has 0 fully saturated rings. The highest BCUT2D eigenvalue weighted by Gasteiger charge is 1.91. The van der Waals surface area contributed by atoms with E-state index in [0.717, 1.165) is 6.08 Å². The fourth-order valence-electron chi connectivity index (χ4n) is 0.331. The lowest BCUT2D eigenvalue weighted by molar-refractivity contribution is -0.136. The van der Waals surface area contributed by atoms with Gasteiger partial charge in [-0.25, -0.2) is 9.59 Å². The molecule has 0 aromatic rings. The molecule has 15 heavy (non-hydrogen) atoms. The van der Waals surface area contributed by atoms with Gasteiger partial charge in [0.05, 0.1) is 13.5 Å². The molecule has 0 radical (unpaired) electrons.